The van der Waals surface area contributed by atoms with Gasteiger partial charge in [-0.05, 0) is 38.1 Å². The van der Waals surface area contributed by atoms with E-state index in [0.717, 1.165) is 38.3 Å². The molecule has 1 fully saturated rings. The Morgan fingerprint density at radius 2 is 1.89 bits per heavy atom. The Kier molecular flexibility index (Phi) is 6.01. The molecular weight excluding hydrogens is 345 g/mol. The Morgan fingerprint density at radius 1 is 1.22 bits per heavy atom. The Hall–Kier alpha value is -2.54. The Bertz CT molecular complexity index is 787. The van der Waals surface area contributed by atoms with Crippen molar-refractivity contribution in [3.63, 3.8) is 0 Å². The summed E-state index contributed by atoms with van der Waals surface area (Å²) in [5.74, 6) is 0.148. The molecule has 1 saturated heterocycles. The van der Waals surface area contributed by atoms with Crippen molar-refractivity contribution in [3.05, 3.63) is 53.1 Å². The lowest BCUT2D eigenvalue weighted by Gasteiger charge is -2.34. The number of hydrogen-bond donors (Lipinski definition) is 1. The van der Waals surface area contributed by atoms with Crippen LogP contribution in [0.2, 0.25) is 0 Å². The fourth-order valence-corrected chi connectivity index (χ4v) is 3.20. The molecule has 0 spiro atoms. The third-order valence-corrected chi connectivity index (χ3v) is 5.03. The molecule has 1 aromatic carbocycles. The number of likely N-dealkylation sites (N-methyl/N-ethyl adjacent to an activating group) is 1. The van der Waals surface area contributed by atoms with Crippen LogP contribution >= 0.6 is 0 Å². The van der Waals surface area contributed by atoms with Crippen molar-refractivity contribution in [2.24, 2.45) is 0 Å². The van der Waals surface area contributed by atoms with Crippen LogP contribution in [0.25, 0.3) is 0 Å². The molecule has 2 aromatic rings. The standard InChI is InChI=1S/C20H26FN5O/c1-4-25-9-11-26(12-10-25)20-22-13-18(15(3)24-20)19(27)23-14(2)16-5-7-17(21)8-6-16/h5-8,13-14H,4,9-12H2,1-3H3,(H,23,27). The van der Waals surface area contributed by atoms with Crippen LogP contribution in [0.5, 0.6) is 0 Å². The first kappa shape index (κ1) is 19.2. The van der Waals surface area contributed by atoms with Gasteiger partial charge in [-0.15, -0.1) is 0 Å². The highest BCUT2D eigenvalue weighted by atomic mass is 19.1. The molecule has 1 aliphatic rings. The van der Waals surface area contributed by atoms with Gasteiger partial charge >= 0.3 is 0 Å². The SMILES string of the molecule is CCN1CCN(c2ncc(C(=O)NC(C)c3ccc(F)cc3)c(C)n2)CC1. The molecule has 27 heavy (non-hydrogen) atoms. The predicted octanol–water partition coefficient (Wildman–Crippen LogP) is 2.56. The summed E-state index contributed by atoms with van der Waals surface area (Å²) < 4.78 is 13.1. The van der Waals surface area contributed by atoms with Gasteiger partial charge in [0.2, 0.25) is 5.95 Å². The number of carbonyl (C=O) groups is 1. The zero-order valence-electron chi connectivity index (χ0n) is 16.1. The van der Waals surface area contributed by atoms with Crippen LogP contribution in [-0.4, -0.2) is 53.5 Å². The maximum atomic E-state index is 13.1. The summed E-state index contributed by atoms with van der Waals surface area (Å²) in [6, 6.07) is 5.88. The van der Waals surface area contributed by atoms with E-state index in [1.54, 1.807) is 18.3 Å². The third-order valence-electron chi connectivity index (χ3n) is 5.03. The van der Waals surface area contributed by atoms with E-state index in [4.69, 9.17) is 0 Å². The second-order valence-corrected chi connectivity index (χ2v) is 6.84. The minimum atomic E-state index is -0.295. The first-order valence-electron chi connectivity index (χ1n) is 9.35. The quantitative estimate of drug-likeness (QED) is 0.875. The van der Waals surface area contributed by atoms with Gasteiger partial charge in [0.25, 0.3) is 5.91 Å². The van der Waals surface area contributed by atoms with Crippen molar-refractivity contribution in [2.75, 3.05) is 37.6 Å². The van der Waals surface area contributed by atoms with Crippen molar-refractivity contribution in [2.45, 2.75) is 26.8 Å². The lowest BCUT2D eigenvalue weighted by molar-refractivity contribution is 0.0938. The Balaban J connectivity index is 1.66. The van der Waals surface area contributed by atoms with E-state index in [0.29, 0.717) is 17.2 Å². The van der Waals surface area contributed by atoms with Gasteiger partial charge in [0.05, 0.1) is 17.3 Å². The summed E-state index contributed by atoms with van der Waals surface area (Å²) >= 11 is 0. The molecule has 6 nitrogen and oxygen atoms in total. The lowest BCUT2D eigenvalue weighted by atomic mass is 10.1. The number of benzene rings is 1. The van der Waals surface area contributed by atoms with Crippen molar-refractivity contribution < 1.29 is 9.18 Å². The zero-order chi connectivity index (χ0) is 19.4. The molecule has 3 rings (SSSR count). The monoisotopic (exact) mass is 371 g/mol. The van der Waals surface area contributed by atoms with E-state index >= 15 is 0 Å². The lowest BCUT2D eigenvalue weighted by Crippen LogP contribution is -2.46. The fraction of sp³-hybridized carbons (Fsp3) is 0.450. The van der Waals surface area contributed by atoms with Gasteiger partial charge in [-0.1, -0.05) is 19.1 Å². The summed E-state index contributed by atoms with van der Waals surface area (Å²) in [6.07, 6.45) is 1.59. The number of aryl methyl sites for hydroxylation is 1. The van der Waals surface area contributed by atoms with E-state index < -0.39 is 0 Å². The zero-order valence-corrected chi connectivity index (χ0v) is 16.1. The smallest absolute Gasteiger partial charge is 0.255 e. The van der Waals surface area contributed by atoms with Gasteiger partial charge in [-0.3, -0.25) is 4.79 Å². The Labute approximate surface area is 159 Å². The fourth-order valence-electron chi connectivity index (χ4n) is 3.20. The Morgan fingerprint density at radius 3 is 2.48 bits per heavy atom. The average Bonchev–Trinajstić information content (AvgIpc) is 2.68. The summed E-state index contributed by atoms with van der Waals surface area (Å²) in [4.78, 5) is 26.1. The van der Waals surface area contributed by atoms with Crippen molar-refractivity contribution in [1.82, 2.24) is 20.2 Å². The van der Waals surface area contributed by atoms with Crippen LogP contribution in [0.15, 0.2) is 30.5 Å². The van der Waals surface area contributed by atoms with Gasteiger partial charge < -0.3 is 15.1 Å². The number of rotatable bonds is 5. The molecule has 1 aromatic heterocycles. The van der Waals surface area contributed by atoms with Crippen molar-refractivity contribution in [1.29, 1.82) is 0 Å². The molecule has 1 unspecified atom stereocenters. The number of amides is 1. The normalized spacial score (nSPS) is 16.2. The molecular formula is C20H26FN5O. The molecule has 0 radical (unpaired) electrons. The van der Waals surface area contributed by atoms with Gasteiger partial charge in [-0.25, -0.2) is 14.4 Å². The largest absolute Gasteiger partial charge is 0.345 e. The highest BCUT2D eigenvalue weighted by Crippen LogP contribution is 2.16. The number of nitrogens with zero attached hydrogens (tertiary/aromatic N) is 4. The maximum absolute atomic E-state index is 13.1. The van der Waals surface area contributed by atoms with Gasteiger partial charge in [-0.2, -0.15) is 0 Å². The highest BCUT2D eigenvalue weighted by molar-refractivity contribution is 5.95. The molecule has 7 heteroatoms. The summed E-state index contributed by atoms with van der Waals surface area (Å²) in [7, 11) is 0. The third kappa shape index (κ3) is 4.60. The van der Waals surface area contributed by atoms with E-state index in [1.165, 1.54) is 12.1 Å². The first-order valence-corrected chi connectivity index (χ1v) is 9.35. The second kappa shape index (κ2) is 8.43. The molecule has 1 aliphatic heterocycles. The van der Waals surface area contributed by atoms with E-state index in [9.17, 15) is 9.18 Å². The molecule has 2 heterocycles. The first-order chi connectivity index (χ1) is 13.0. The number of carbonyl (C=O) groups excluding carboxylic acids is 1. The number of anilines is 1. The summed E-state index contributed by atoms with van der Waals surface area (Å²) in [5, 5.41) is 2.92. The molecule has 1 atom stereocenters. The number of hydrogen-bond acceptors (Lipinski definition) is 5. The predicted molar refractivity (Wildman–Crippen MR) is 103 cm³/mol. The number of aromatic nitrogens is 2. The molecule has 0 aliphatic carbocycles. The minimum absolute atomic E-state index is 0.230. The van der Waals surface area contributed by atoms with Crippen molar-refractivity contribution >= 4 is 11.9 Å². The molecule has 1 amide bonds. The van der Waals surface area contributed by atoms with E-state index in [2.05, 4.69) is 32.0 Å². The summed E-state index contributed by atoms with van der Waals surface area (Å²) in [6.45, 7) is 10.7. The van der Waals surface area contributed by atoms with E-state index in [1.807, 2.05) is 13.8 Å². The van der Waals surface area contributed by atoms with Crippen LogP contribution in [0.3, 0.4) is 0 Å². The van der Waals surface area contributed by atoms with Crippen LogP contribution < -0.4 is 10.2 Å². The molecule has 0 bridgehead atoms. The van der Waals surface area contributed by atoms with E-state index in [-0.39, 0.29) is 17.8 Å². The number of piperazine rings is 1. The van der Waals surface area contributed by atoms with Crippen LogP contribution in [0.1, 0.15) is 41.5 Å². The van der Waals surface area contributed by atoms with Gasteiger partial charge in [0, 0.05) is 32.4 Å². The number of nitrogens with one attached hydrogen (secondary N) is 1. The topological polar surface area (TPSA) is 61.4 Å². The molecule has 1 N–H and O–H groups in total. The van der Waals surface area contributed by atoms with Gasteiger partial charge in [0.1, 0.15) is 5.82 Å². The van der Waals surface area contributed by atoms with Crippen LogP contribution in [0.4, 0.5) is 10.3 Å². The molecule has 0 saturated carbocycles. The number of halogens is 1. The second-order valence-electron chi connectivity index (χ2n) is 6.84. The molecule has 144 valence electrons. The minimum Gasteiger partial charge on any atom is -0.345 e. The van der Waals surface area contributed by atoms with Crippen molar-refractivity contribution in [3.8, 4) is 0 Å². The van der Waals surface area contributed by atoms with Crippen LogP contribution in [-0.2, 0) is 0 Å². The van der Waals surface area contributed by atoms with Gasteiger partial charge in [0.15, 0.2) is 0 Å². The highest BCUT2D eigenvalue weighted by Gasteiger charge is 2.20. The maximum Gasteiger partial charge on any atom is 0.255 e. The summed E-state index contributed by atoms with van der Waals surface area (Å²) in [5.41, 5.74) is 1.95. The van der Waals surface area contributed by atoms with Crippen LogP contribution in [0, 0.1) is 12.7 Å². The average molecular weight is 371 g/mol.